The van der Waals surface area contributed by atoms with Gasteiger partial charge in [-0.2, -0.15) is 0 Å². The maximum atomic E-state index is 10.1. The number of rotatable bonds is 13. The zero-order valence-corrected chi connectivity index (χ0v) is 19.5. The van der Waals surface area contributed by atoms with Gasteiger partial charge in [0.05, 0.1) is 25.6 Å². The van der Waals surface area contributed by atoms with E-state index in [1.54, 1.807) is 24.8 Å². The average Bonchev–Trinajstić information content (AvgIpc) is 2.89. The minimum atomic E-state index is -2.36. The van der Waals surface area contributed by atoms with Crippen molar-refractivity contribution in [2.45, 2.75) is 37.3 Å². The number of carbonyl (C=O) groups is 2. The van der Waals surface area contributed by atoms with Gasteiger partial charge in [0.1, 0.15) is 23.7 Å². The first-order valence-corrected chi connectivity index (χ1v) is 10.8. The molecule has 0 aromatic carbocycles. The molecule has 2 aromatic rings. The van der Waals surface area contributed by atoms with E-state index in [0.29, 0.717) is 26.3 Å². The summed E-state index contributed by atoms with van der Waals surface area (Å²) in [7, 11) is 0. The van der Waals surface area contributed by atoms with Crippen molar-refractivity contribution >= 4 is 11.9 Å². The maximum Gasteiger partial charge on any atom is 0.335 e. The third kappa shape index (κ3) is 14.8. The molecular formula is C22H34N4O10. The van der Waals surface area contributed by atoms with Gasteiger partial charge in [-0.3, -0.25) is 9.97 Å². The van der Waals surface area contributed by atoms with Gasteiger partial charge in [-0.1, -0.05) is 0 Å². The van der Waals surface area contributed by atoms with Crippen LogP contribution in [-0.2, 0) is 9.59 Å². The molecule has 0 bridgehead atoms. The SMILES string of the molecule is NCCCOc1cccnc1.NCCCOc1cccnc1.O=C(O)[C@@H](O)[C@H](O)[C@H](O)[C@@H](O)C(=O)O. The number of carboxylic acids is 2. The van der Waals surface area contributed by atoms with Crippen molar-refractivity contribution in [2.24, 2.45) is 11.5 Å². The normalized spacial score (nSPS) is 13.4. The van der Waals surface area contributed by atoms with Gasteiger partial charge in [-0.25, -0.2) is 9.59 Å². The van der Waals surface area contributed by atoms with Gasteiger partial charge in [-0.15, -0.1) is 0 Å². The Morgan fingerprint density at radius 1 is 0.750 bits per heavy atom. The molecule has 2 rings (SSSR count). The van der Waals surface area contributed by atoms with Gasteiger partial charge in [-0.05, 0) is 50.2 Å². The molecule has 0 radical (unpaired) electrons. The van der Waals surface area contributed by atoms with E-state index < -0.39 is 36.4 Å². The Bertz CT molecular complexity index is 763. The van der Waals surface area contributed by atoms with Crippen LogP contribution < -0.4 is 20.9 Å². The molecule has 14 heteroatoms. The highest BCUT2D eigenvalue weighted by molar-refractivity contribution is 5.75. The quantitative estimate of drug-likeness (QED) is 0.138. The number of pyridine rings is 2. The highest BCUT2D eigenvalue weighted by Crippen LogP contribution is 2.07. The molecule has 2 aromatic heterocycles. The number of nitrogens with two attached hydrogens (primary N) is 2. The highest BCUT2D eigenvalue weighted by atomic mass is 16.5. The van der Waals surface area contributed by atoms with Gasteiger partial charge in [0.2, 0.25) is 0 Å². The topological polar surface area (TPSA) is 252 Å². The molecule has 0 unspecified atom stereocenters. The van der Waals surface area contributed by atoms with E-state index in [1.165, 1.54) is 0 Å². The predicted molar refractivity (Wildman–Crippen MR) is 126 cm³/mol. The minimum Gasteiger partial charge on any atom is -0.492 e. The van der Waals surface area contributed by atoms with Gasteiger partial charge < -0.3 is 51.6 Å². The molecule has 14 nitrogen and oxygen atoms in total. The number of carboxylic acid groups (broad SMARTS) is 2. The lowest BCUT2D eigenvalue weighted by Gasteiger charge is -2.21. The monoisotopic (exact) mass is 514 g/mol. The van der Waals surface area contributed by atoms with Crippen LogP contribution in [0.25, 0.3) is 0 Å². The Labute approximate surface area is 207 Å². The zero-order chi connectivity index (χ0) is 27.3. The van der Waals surface area contributed by atoms with E-state index in [0.717, 1.165) is 24.3 Å². The summed E-state index contributed by atoms with van der Waals surface area (Å²) in [6, 6.07) is 7.45. The van der Waals surface area contributed by atoms with E-state index in [-0.39, 0.29) is 0 Å². The van der Waals surface area contributed by atoms with Gasteiger partial charge in [0.25, 0.3) is 0 Å². The Morgan fingerprint density at radius 2 is 1.11 bits per heavy atom. The van der Waals surface area contributed by atoms with Crippen LogP contribution in [0.2, 0.25) is 0 Å². The van der Waals surface area contributed by atoms with Crippen molar-refractivity contribution in [3.05, 3.63) is 49.1 Å². The largest absolute Gasteiger partial charge is 0.492 e. The number of aliphatic hydroxyl groups is 4. The molecule has 0 amide bonds. The standard InChI is InChI=1S/2C8H12N2O.C6H10O8/c2*9-4-2-6-11-8-3-1-5-10-7-8;7-1(3(9)5(11)12)2(8)4(10)6(13)14/h2*1,3,5,7H,2,4,6,9H2;1-4,7-10H,(H,11,12)(H,13,14)/t;;1-,2+,3+,4-. The third-order valence-corrected chi connectivity index (χ3v) is 4.01. The number of aliphatic carboxylic acids is 2. The Morgan fingerprint density at radius 3 is 1.36 bits per heavy atom. The molecule has 0 fully saturated rings. The summed E-state index contributed by atoms with van der Waals surface area (Å²) in [5, 5.41) is 51.5. The predicted octanol–water partition coefficient (Wildman–Crippen LogP) is -1.78. The van der Waals surface area contributed by atoms with E-state index in [4.69, 9.17) is 51.6 Å². The fourth-order valence-corrected chi connectivity index (χ4v) is 2.08. The van der Waals surface area contributed by atoms with Crippen molar-refractivity contribution in [2.75, 3.05) is 26.3 Å². The first-order valence-electron chi connectivity index (χ1n) is 10.8. The molecule has 0 spiro atoms. The second kappa shape index (κ2) is 19.9. The first-order chi connectivity index (χ1) is 17.1. The molecule has 0 saturated heterocycles. The van der Waals surface area contributed by atoms with Crippen LogP contribution in [0.4, 0.5) is 0 Å². The summed E-state index contributed by atoms with van der Waals surface area (Å²) >= 11 is 0. The van der Waals surface area contributed by atoms with Crippen LogP contribution in [0, 0.1) is 0 Å². The van der Waals surface area contributed by atoms with Crippen molar-refractivity contribution < 1.29 is 49.7 Å². The van der Waals surface area contributed by atoms with Crippen LogP contribution in [0.1, 0.15) is 12.8 Å². The molecule has 202 valence electrons. The van der Waals surface area contributed by atoms with Crippen molar-refractivity contribution in [1.29, 1.82) is 0 Å². The van der Waals surface area contributed by atoms with Crippen LogP contribution in [0.5, 0.6) is 11.5 Å². The third-order valence-electron chi connectivity index (χ3n) is 4.01. The summed E-state index contributed by atoms with van der Waals surface area (Å²) in [6.07, 6.45) is -0.697. The molecule has 0 aliphatic heterocycles. The Balaban J connectivity index is 0.000000515. The summed E-state index contributed by atoms with van der Waals surface area (Å²) in [5.74, 6) is -2.06. The molecule has 2 heterocycles. The minimum absolute atomic E-state index is 0.667. The number of aromatic nitrogens is 2. The number of hydrogen-bond donors (Lipinski definition) is 8. The lowest BCUT2D eigenvalue weighted by molar-refractivity contribution is -0.172. The molecular weight excluding hydrogens is 480 g/mol. The average molecular weight is 515 g/mol. The molecule has 0 saturated carbocycles. The van der Waals surface area contributed by atoms with E-state index >= 15 is 0 Å². The Kier molecular flexibility index (Phi) is 18.0. The van der Waals surface area contributed by atoms with Gasteiger partial charge in [0.15, 0.2) is 12.2 Å². The molecule has 0 aliphatic carbocycles. The Hall–Kier alpha value is -3.40. The second-order valence-electron chi connectivity index (χ2n) is 6.91. The van der Waals surface area contributed by atoms with Crippen LogP contribution in [0.15, 0.2) is 49.1 Å². The number of ether oxygens (including phenoxy) is 2. The van der Waals surface area contributed by atoms with Crippen LogP contribution >= 0.6 is 0 Å². The first kappa shape index (κ1) is 32.6. The van der Waals surface area contributed by atoms with Crippen molar-refractivity contribution in [3.63, 3.8) is 0 Å². The maximum absolute atomic E-state index is 10.1. The lowest BCUT2D eigenvalue weighted by Crippen LogP contribution is -2.49. The number of aliphatic hydroxyl groups excluding tert-OH is 4. The number of nitrogens with zero attached hydrogens (tertiary/aromatic N) is 2. The molecule has 4 atom stereocenters. The summed E-state index contributed by atoms with van der Waals surface area (Å²) in [4.78, 5) is 28.0. The van der Waals surface area contributed by atoms with Crippen LogP contribution in [0.3, 0.4) is 0 Å². The smallest absolute Gasteiger partial charge is 0.335 e. The van der Waals surface area contributed by atoms with Crippen LogP contribution in [-0.4, -0.2) is 103 Å². The molecule has 0 aliphatic rings. The zero-order valence-electron chi connectivity index (χ0n) is 19.5. The second-order valence-corrected chi connectivity index (χ2v) is 6.91. The van der Waals surface area contributed by atoms with Crippen molar-refractivity contribution in [3.8, 4) is 11.5 Å². The summed E-state index contributed by atoms with van der Waals surface area (Å²) in [5.41, 5.74) is 10.6. The van der Waals surface area contributed by atoms with Gasteiger partial charge in [0, 0.05) is 12.4 Å². The lowest BCUT2D eigenvalue weighted by atomic mass is 10.0. The summed E-state index contributed by atoms with van der Waals surface area (Å²) in [6.45, 7) is 2.67. The molecule has 36 heavy (non-hydrogen) atoms. The van der Waals surface area contributed by atoms with E-state index in [1.807, 2.05) is 24.3 Å². The number of hydrogen-bond acceptors (Lipinski definition) is 12. The van der Waals surface area contributed by atoms with Crippen molar-refractivity contribution in [1.82, 2.24) is 9.97 Å². The summed E-state index contributed by atoms with van der Waals surface area (Å²) < 4.78 is 10.6. The fraction of sp³-hybridized carbons (Fsp3) is 0.455. The fourth-order valence-electron chi connectivity index (χ4n) is 2.08. The molecule has 10 N–H and O–H groups in total. The van der Waals surface area contributed by atoms with E-state index in [2.05, 4.69) is 9.97 Å². The highest BCUT2D eigenvalue weighted by Gasteiger charge is 2.37. The van der Waals surface area contributed by atoms with Gasteiger partial charge >= 0.3 is 11.9 Å². The van der Waals surface area contributed by atoms with E-state index in [9.17, 15) is 9.59 Å².